The van der Waals surface area contributed by atoms with Crippen LogP contribution in [0.3, 0.4) is 0 Å². The fourth-order valence-corrected chi connectivity index (χ4v) is 5.86. The van der Waals surface area contributed by atoms with Crippen molar-refractivity contribution < 1.29 is 19.4 Å². The third kappa shape index (κ3) is 36.6. The summed E-state index contributed by atoms with van der Waals surface area (Å²) in [5.41, 5.74) is 0. The quantitative estimate of drug-likeness (QED) is 0.0419. The minimum Gasteiger partial charge on any atom is -0.481 e. The summed E-state index contributed by atoms with van der Waals surface area (Å²) in [4.78, 5) is 23.4. The molecule has 0 radical (unpaired) electrons. The molecule has 268 valence electrons. The van der Waals surface area contributed by atoms with Gasteiger partial charge in [0.1, 0.15) is 6.10 Å². The number of carbonyl (C=O) groups excluding carboxylic acids is 1. The molecule has 0 spiro atoms. The molecule has 0 aromatic heterocycles. The molecule has 0 aromatic carbocycles. The predicted octanol–water partition coefficient (Wildman–Crippen LogP) is 13.8. The standard InChI is InChI=1S/C42H76O4/c1-3-5-7-9-11-13-15-16-17-18-19-20-22-24-26-31-35-39-42(45)46-40(37-33-29-27-30-34-38-41(43)44)36-32-28-25-23-21-14-12-10-8-6-4-2/h11,13,16-17,23,25,40H,3-10,12,14-15,18-22,24,26-39H2,1-2H3,(H,43,44)/b13-11-,17-16-,25-23-. The van der Waals surface area contributed by atoms with Crippen molar-refractivity contribution in [3.8, 4) is 0 Å². The number of hydrogen-bond donors (Lipinski definition) is 1. The van der Waals surface area contributed by atoms with Crippen molar-refractivity contribution in [1.82, 2.24) is 0 Å². The van der Waals surface area contributed by atoms with Crippen LogP contribution >= 0.6 is 0 Å². The third-order valence-electron chi connectivity index (χ3n) is 8.83. The summed E-state index contributed by atoms with van der Waals surface area (Å²) in [6.07, 6.45) is 48.7. The zero-order valence-electron chi connectivity index (χ0n) is 30.6. The molecule has 0 saturated carbocycles. The summed E-state index contributed by atoms with van der Waals surface area (Å²) < 4.78 is 5.98. The molecule has 0 amide bonds. The van der Waals surface area contributed by atoms with Crippen molar-refractivity contribution in [2.75, 3.05) is 0 Å². The molecule has 1 unspecified atom stereocenters. The van der Waals surface area contributed by atoms with Crippen LogP contribution in [0.2, 0.25) is 0 Å². The lowest BCUT2D eigenvalue weighted by atomic mass is 10.0. The predicted molar refractivity (Wildman–Crippen MR) is 199 cm³/mol. The summed E-state index contributed by atoms with van der Waals surface area (Å²) in [6.45, 7) is 4.51. The number of unbranched alkanes of at least 4 members (excludes halogenated alkanes) is 21. The molecule has 4 nitrogen and oxygen atoms in total. The van der Waals surface area contributed by atoms with Crippen LogP contribution < -0.4 is 0 Å². The zero-order valence-corrected chi connectivity index (χ0v) is 30.6. The van der Waals surface area contributed by atoms with E-state index in [1.54, 1.807) is 0 Å². The first-order chi connectivity index (χ1) is 22.6. The lowest BCUT2D eigenvalue weighted by Crippen LogP contribution is -2.18. The van der Waals surface area contributed by atoms with E-state index in [9.17, 15) is 9.59 Å². The van der Waals surface area contributed by atoms with Gasteiger partial charge in [-0.25, -0.2) is 0 Å². The minimum atomic E-state index is -0.705. The largest absolute Gasteiger partial charge is 0.481 e. The van der Waals surface area contributed by atoms with Crippen LogP contribution in [0.25, 0.3) is 0 Å². The second-order valence-corrected chi connectivity index (χ2v) is 13.5. The lowest BCUT2D eigenvalue weighted by molar-refractivity contribution is -0.150. The van der Waals surface area contributed by atoms with Gasteiger partial charge in [-0.1, -0.05) is 147 Å². The molecule has 0 aliphatic heterocycles. The molecule has 0 rings (SSSR count). The van der Waals surface area contributed by atoms with E-state index in [4.69, 9.17) is 9.84 Å². The highest BCUT2D eigenvalue weighted by molar-refractivity contribution is 5.69. The Labute approximate surface area is 286 Å². The Morgan fingerprint density at radius 2 is 0.870 bits per heavy atom. The Morgan fingerprint density at radius 1 is 0.478 bits per heavy atom. The SMILES string of the molecule is CCCCC/C=C\C/C=C\CCCCCCCCCC(=O)OC(CCC/C=C\CCCCCCCC)CCCCCCCC(=O)O. The maximum absolute atomic E-state index is 12.7. The van der Waals surface area contributed by atoms with E-state index in [1.807, 2.05) is 0 Å². The van der Waals surface area contributed by atoms with Crippen molar-refractivity contribution in [2.45, 2.75) is 219 Å². The lowest BCUT2D eigenvalue weighted by Gasteiger charge is -2.18. The molecule has 0 fully saturated rings. The van der Waals surface area contributed by atoms with Crippen molar-refractivity contribution in [1.29, 1.82) is 0 Å². The maximum Gasteiger partial charge on any atom is 0.306 e. The van der Waals surface area contributed by atoms with Gasteiger partial charge >= 0.3 is 11.9 Å². The highest BCUT2D eigenvalue weighted by atomic mass is 16.5. The summed E-state index contributed by atoms with van der Waals surface area (Å²) in [5.74, 6) is -0.726. The van der Waals surface area contributed by atoms with E-state index in [0.717, 1.165) is 77.0 Å². The Kier molecular flexibility index (Phi) is 36.1. The Bertz CT molecular complexity index is 738. The van der Waals surface area contributed by atoms with Gasteiger partial charge in [0.05, 0.1) is 0 Å². The first-order valence-electron chi connectivity index (χ1n) is 20.0. The van der Waals surface area contributed by atoms with Gasteiger partial charge in [0.25, 0.3) is 0 Å². The van der Waals surface area contributed by atoms with E-state index in [0.29, 0.717) is 6.42 Å². The smallest absolute Gasteiger partial charge is 0.306 e. The number of carbonyl (C=O) groups is 2. The molecule has 1 N–H and O–H groups in total. The van der Waals surface area contributed by atoms with Crippen LogP contribution in [-0.4, -0.2) is 23.1 Å². The van der Waals surface area contributed by atoms with Crippen LogP contribution in [0.5, 0.6) is 0 Å². The van der Waals surface area contributed by atoms with Crippen LogP contribution in [0, 0.1) is 0 Å². The van der Waals surface area contributed by atoms with E-state index in [-0.39, 0.29) is 18.5 Å². The Hall–Kier alpha value is -1.84. The van der Waals surface area contributed by atoms with Gasteiger partial charge in [0, 0.05) is 12.8 Å². The first-order valence-corrected chi connectivity index (χ1v) is 20.0. The van der Waals surface area contributed by atoms with Gasteiger partial charge < -0.3 is 9.84 Å². The highest BCUT2D eigenvalue weighted by Gasteiger charge is 2.14. The molecule has 46 heavy (non-hydrogen) atoms. The molecule has 0 aromatic rings. The number of carboxylic acid groups (broad SMARTS) is 1. The molecular weight excluding hydrogens is 568 g/mol. The number of esters is 1. The van der Waals surface area contributed by atoms with Gasteiger partial charge in [0.2, 0.25) is 0 Å². The number of allylic oxidation sites excluding steroid dienone is 6. The number of aliphatic carboxylic acids is 1. The van der Waals surface area contributed by atoms with E-state index < -0.39 is 5.97 Å². The van der Waals surface area contributed by atoms with Crippen molar-refractivity contribution in [3.05, 3.63) is 36.5 Å². The average molecular weight is 645 g/mol. The molecule has 0 bridgehead atoms. The van der Waals surface area contributed by atoms with E-state index >= 15 is 0 Å². The van der Waals surface area contributed by atoms with E-state index in [2.05, 4.69) is 50.3 Å². The summed E-state index contributed by atoms with van der Waals surface area (Å²) >= 11 is 0. The van der Waals surface area contributed by atoms with Gasteiger partial charge in [-0.15, -0.1) is 0 Å². The molecule has 0 saturated heterocycles. The fourth-order valence-electron chi connectivity index (χ4n) is 5.86. The molecular formula is C42H76O4. The van der Waals surface area contributed by atoms with Crippen molar-refractivity contribution in [2.24, 2.45) is 0 Å². The molecule has 4 heteroatoms. The second-order valence-electron chi connectivity index (χ2n) is 13.5. The van der Waals surface area contributed by atoms with Crippen LogP contribution in [0.1, 0.15) is 213 Å². The molecule has 0 aliphatic carbocycles. The number of carboxylic acids is 1. The van der Waals surface area contributed by atoms with Gasteiger partial charge in [-0.3, -0.25) is 9.59 Å². The van der Waals surface area contributed by atoms with Crippen molar-refractivity contribution in [3.63, 3.8) is 0 Å². The number of rotatable bonds is 36. The monoisotopic (exact) mass is 645 g/mol. The van der Waals surface area contributed by atoms with Crippen LogP contribution in [-0.2, 0) is 14.3 Å². The zero-order chi connectivity index (χ0) is 33.6. The Morgan fingerprint density at radius 3 is 1.43 bits per heavy atom. The summed E-state index contributed by atoms with van der Waals surface area (Å²) in [5, 5.41) is 8.81. The summed E-state index contributed by atoms with van der Waals surface area (Å²) in [7, 11) is 0. The van der Waals surface area contributed by atoms with Gasteiger partial charge in [0.15, 0.2) is 0 Å². The van der Waals surface area contributed by atoms with Crippen LogP contribution in [0.15, 0.2) is 36.5 Å². The van der Waals surface area contributed by atoms with Crippen LogP contribution in [0.4, 0.5) is 0 Å². The molecule has 1 atom stereocenters. The fraction of sp³-hybridized carbons (Fsp3) is 0.810. The molecule has 0 heterocycles. The van der Waals surface area contributed by atoms with Crippen molar-refractivity contribution >= 4 is 11.9 Å². The van der Waals surface area contributed by atoms with Gasteiger partial charge in [-0.05, 0) is 89.9 Å². The third-order valence-corrected chi connectivity index (χ3v) is 8.83. The second kappa shape index (κ2) is 37.6. The number of hydrogen-bond acceptors (Lipinski definition) is 3. The average Bonchev–Trinajstić information content (AvgIpc) is 3.04. The Balaban J connectivity index is 4.05. The summed E-state index contributed by atoms with van der Waals surface area (Å²) in [6, 6.07) is 0. The first kappa shape index (κ1) is 44.2. The number of ether oxygens (including phenoxy) is 1. The normalized spacial score (nSPS) is 12.6. The maximum atomic E-state index is 12.7. The van der Waals surface area contributed by atoms with Gasteiger partial charge in [-0.2, -0.15) is 0 Å². The topological polar surface area (TPSA) is 63.6 Å². The minimum absolute atomic E-state index is 0.0207. The van der Waals surface area contributed by atoms with E-state index in [1.165, 1.54) is 109 Å². The molecule has 0 aliphatic rings. The highest BCUT2D eigenvalue weighted by Crippen LogP contribution is 2.18.